The second kappa shape index (κ2) is 9.04. The third-order valence-corrected chi connectivity index (χ3v) is 3.90. The summed E-state index contributed by atoms with van der Waals surface area (Å²) in [6.45, 7) is 13.9. The number of nitrogens with zero attached hydrogens (tertiary/aromatic N) is 2. The van der Waals surface area contributed by atoms with E-state index in [0.29, 0.717) is 6.04 Å². The third kappa shape index (κ3) is 6.04. The van der Waals surface area contributed by atoms with Gasteiger partial charge in [0, 0.05) is 12.3 Å². The maximum absolute atomic E-state index is 4.68. The molecule has 0 unspecified atom stereocenters. The van der Waals surface area contributed by atoms with Crippen molar-refractivity contribution in [3.8, 4) is 0 Å². The summed E-state index contributed by atoms with van der Waals surface area (Å²) in [5, 5.41) is 6.87. The molecule has 0 amide bonds. The lowest BCUT2D eigenvalue weighted by Crippen LogP contribution is -2.43. The Labute approximate surface area is 130 Å². The van der Waals surface area contributed by atoms with Crippen LogP contribution in [0.1, 0.15) is 40.5 Å². The molecule has 0 aromatic carbocycles. The SMILES string of the molecule is C=C(C)C(/N=C(\C)C(=P)NC1CCNCC1)=C(C)\N=C/C. The van der Waals surface area contributed by atoms with E-state index in [-0.39, 0.29) is 0 Å². The van der Waals surface area contributed by atoms with Gasteiger partial charge in [0.1, 0.15) is 0 Å². The van der Waals surface area contributed by atoms with E-state index in [1.165, 1.54) is 0 Å². The van der Waals surface area contributed by atoms with E-state index in [2.05, 4.69) is 36.1 Å². The highest BCUT2D eigenvalue weighted by molar-refractivity contribution is 7.25. The Morgan fingerprint density at radius 1 is 1.29 bits per heavy atom. The Morgan fingerprint density at radius 2 is 1.90 bits per heavy atom. The summed E-state index contributed by atoms with van der Waals surface area (Å²) < 4.78 is 0. The fourth-order valence-corrected chi connectivity index (χ4v) is 2.50. The van der Waals surface area contributed by atoms with Crippen molar-refractivity contribution in [2.75, 3.05) is 13.1 Å². The van der Waals surface area contributed by atoms with E-state index >= 15 is 0 Å². The number of nitrogens with one attached hydrogen (secondary N) is 2. The molecule has 2 N–H and O–H groups in total. The van der Waals surface area contributed by atoms with Crippen LogP contribution in [-0.2, 0) is 0 Å². The van der Waals surface area contributed by atoms with Crippen molar-refractivity contribution in [3.63, 3.8) is 0 Å². The zero-order chi connectivity index (χ0) is 15.8. The highest BCUT2D eigenvalue weighted by Crippen LogP contribution is 2.16. The average Bonchev–Trinajstić information content (AvgIpc) is 2.45. The van der Waals surface area contributed by atoms with Gasteiger partial charge in [-0.1, -0.05) is 15.4 Å². The molecule has 1 fully saturated rings. The molecular weight excluding hydrogens is 279 g/mol. The molecule has 1 saturated heterocycles. The normalized spacial score (nSPS) is 18.8. The standard InChI is InChI=1S/C16H27N4P/c1-6-18-12(4)15(11(2)3)19-13(5)16(21)20-14-7-9-17-10-8-14/h6,14,17,20-21H,2,7-10H2,1,3-5H3/b15-12+,18-6-,19-13+. The van der Waals surface area contributed by atoms with Gasteiger partial charge < -0.3 is 5.32 Å². The van der Waals surface area contributed by atoms with Gasteiger partial charge >= 0.3 is 0 Å². The van der Waals surface area contributed by atoms with Gasteiger partial charge in [0.25, 0.3) is 0 Å². The van der Waals surface area contributed by atoms with Gasteiger partial charge in [-0.05, 0) is 59.2 Å². The van der Waals surface area contributed by atoms with Crippen molar-refractivity contribution in [1.82, 2.24) is 10.6 Å². The van der Waals surface area contributed by atoms with Crippen LogP contribution in [0.5, 0.6) is 0 Å². The topological polar surface area (TPSA) is 48.8 Å². The van der Waals surface area contributed by atoms with Gasteiger partial charge in [-0.15, -0.1) is 0 Å². The molecule has 1 aliphatic rings. The molecule has 0 spiro atoms. The van der Waals surface area contributed by atoms with Crippen molar-refractivity contribution in [2.45, 2.75) is 46.6 Å². The minimum absolute atomic E-state index is 0.496. The van der Waals surface area contributed by atoms with Crippen molar-refractivity contribution < 1.29 is 0 Å². The van der Waals surface area contributed by atoms with Gasteiger partial charge in [-0.25, -0.2) is 4.99 Å². The van der Waals surface area contributed by atoms with Crippen LogP contribution >= 0.6 is 8.86 Å². The van der Waals surface area contributed by atoms with Crippen LogP contribution in [0.3, 0.4) is 0 Å². The number of rotatable bonds is 6. The van der Waals surface area contributed by atoms with E-state index in [4.69, 9.17) is 0 Å². The van der Waals surface area contributed by atoms with Gasteiger partial charge in [-0.2, -0.15) is 0 Å². The summed E-state index contributed by atoms with van der Waals surface area (Å²) in [5.41, 5.74) is 4.49. The Hall–Kier alpha value is -1.09. The van der Waals surface area contributed by atoms with E-state index in [0.717, 1.165) is 54.0 Å². The van der Waals surface area contributed by atoms with Gasteiger partial charge in [0.2, 0.25) is 0 Å². The lowest BCUT2D eigenvalue weighted by Gasteiger charge is -2.24. The average molecular weight is 306 g/mol. The Bertz CT molecular complexity index is 483. The van der Waals surface area contributed by atoms with Gasteiger partial charge in [0.05, 0.1) is 22.5 Å². The van der Waals surface area contributed by atoms with E-state index in [1.807, 2.05) is 27.7 Å². The zero-order valence-electron chi connectivity index (χ0n) is 13.6. The maximum atomic E-state index is 4.68. The van der Waals surface area contributed by atoms with Crippen LogP contribution in [0.2, 0.25) is 0 Å². The second-order valence-corrected chi connectivity index (χ2v) is 5.84. The van der Waals surface area contributed by atoms with E-state index in [1.54, 1.807) is 6.21 Å². The first-order valence-electron chi connectivity index (χ1n) is 7.42. The molecule has 1 rings (SSSR count). The molecule has 21 heavy (non-hydrogen) atoms. The molecule has 0 aromatic rings. The van der Waals surface area contributed by atoms with E-state index < -0.39 is 0 Å². The van der Waals surface area contributed by atoms with Crippen molar-refractivity contribution in [1.29, 1.82) is 0 Å². The summed E-state index contributed by atoms with van der Waals surface area (Å²) in [5.74, 6) is 0. The fraction of sp³-hybridized carbons (Fsp3) is 0.562. The van der Waals surface area contributed by atoms with Gasteiger partial charge in [-0.3, -0.25) is 10.3 Å². The summed E-state index contributed by atoms with van der Waals surface area (Å²) in [6.07, 6.45) is 4.03. The summed E-state index contributed by atoms with van der Waals surface area (Å²) in [4.78, 5) is 8.99. The van der Waals surface area contributed by atoms with Crippen LogP contribution in [0.4, 0.5) is 0 Å². The molecule has 0 atom stereocenters. The lowest BCUT2D eigenvalue weighted by molar-refractivity contribution is 0.431. The number of hydrogen-bond acceptors (Lipinski definition) is 3. The molecule has 0 radical (unpaired) electrons. The van der Waals surface area contributed by atoms with Crippen molar-refractivity contribution in [2.24, 2.45) is 9.98 Å². The molecule has 0 aromatic heterocycles. The van der Waals surface area contributed by atoms with Crippen LogP contribution in [0.25, 0.3) is 0 Å². The number of allylic oxidation sites excluding steroid dienone is 2. The minimum atomic E-state index is 0.496. The summed E-state index contributed by atoms with van der Waals surface area (Å²) in [6, 6.07) is 0.496. The number of aliphatic imine (C=N–C) groups is 2. The van der Waals surface area contributed by atoms with Crippen LogP contribution in [0, 0.1) is 0 Å². The predicted molar refractivity (Wildman–Crippen MR) is 97.1 cm³/mol. The third-order valence-electron chi connectivity index (χ3n) is 3.40. The number of piperidine rings is 1. The molecule has 0 aliphatic carbocycles. The van der Waals surface area contributed by atoms with E-state index in [9.17, 15) is 0 Å². The van der Waals surface area contributed by atoms with Crippen molar-refractivity contribution >= 4 is 26.2 Å². The monoisotopic (exact) mass is 306 g/mol. The molecular formula is C16H27N4P. The molecule has 5 heteroatoms. The quantitative estimate of drug-likeness (QED) is 0.450. The smallest absolute Gasteiger partial charge is 0.0868 e. The highest BCUT2D eigenvalue weighted by Gasteiger charge is 2.14. The molecule has 1 aliphatic heterocycles. The highest BCUT2D eigenvalue weighted by atomic mass is 31.0. The summed E-state index contributed by atoms with van der Waals surface area (Å²) >= 11 is 0. The zero-order valence-corrected chi connectivity index (χ0v) is 14.6. The van der Waals surface area contributed by atoms with Crippen LogP contribution in [0.15, 0.2) is 33.5 Å². The minimum Gasteiger partial charge on any atom is -0.317 e. The lowest BCUT2D eigenvalue weighted by atomic mass is 10.1. The van der Waals surface area contributed by atoms with Crippen LogP contribution in [-0.4, -0.2) is 36.5 Å². The molecule has 116 valence electrons. The fourth-order valence-electron chi connectivity index (χ4n) is 2.24. The van der Waals surface area contributed by atoms with Crippen LogP contribution < -0.4 is 10.6 Å². The predicted octanol–water partition coefficient (Wildman–Crippen LogP) is 2.96. The van der Waals surface area contributed by atoms with Gasteiger partial charge in [0.15, 0.2) is 0 Å². The largest absolute Gasteiger partial charge is 0.317 e. The molecule has 4 nitrogen and oxygen atoms in total. The molecule has 1 heterocycles. The maximum Gasteiger partial charge on any atom is 0.0868 e. The first-order valence-corrected chi connectivity index (χ1v) is 7.92. The van der Waals surface area contributed by atoms with Crippen molar-refractivity contribution in [3.05, 3.63) is 23.5 Å². The first-order chi connectivity index (χ1) is 9.95. The second-order valence-electron chi connectivity index (χ2n) is 5.34. The molecule has 0 bridgehead atoms. The Kier molecular flexibility index (Phi) is 7.73. The summed E-state index contributed by atoms with van der Waals surface area (Å²) in [7, 11) is 3.66. The first kappa shape index (κ1) is 18.0. The Morgan fingerprint density at radius 3 is 2.43 bits per heavy atom. The Balaban J connectivity index is 2.82. The number of hydrogen-bond donors (Lipinski definition) is 2. The molecule has 0 saturated carbocycles.